The minimum absolute atomic E-state index is 0.0938. The normalized spacial score (nSPS) is 12.6. The molecule has 82 valence electrons. The van der Waals surface area contributed by atoms with Crippen LogP contribution in [0.1, 0.15) is 5.56 Å². The average Bonchev–Trinajstić information content (AvgIpc) is 2.87. The summed E-state index contributed by atoms with van der Waals surface area (Å²) in [4.78, 5) is 19.5. The Kier molecular flexibility index (Phi) is 3.50. The zero-order valence-electron chi connectivity index (χ0n) is 8.42. The molecule has 0 spiro atoms. The van der Waals surface area contributed by atoms with Gasteiger partial charge in [0.1, 0.15) is 0 Å². The quantitative estimate of drug-likeness (QED) is 0.756. The molecule has 4 nitrogen and oxygen atoms in total. The van der Waals surface area contributed by atoms with Gasteiger partial charge in [-0.3, -0.25) is 9.78 Å². The van der Waals surface area contributed by atoms with E-state index in [9.17, 15) is 4.79 Å². The van der Waals surface area contributed by atoms with Crippen molar-refractivity contribution in [2.45, 2.75) is 6.42 Å². The number of carbonyl (C=O) groups is 1. The highest BCUT2D eigenvalue weighted by molar-refractivity contribution is 7.07. The van der Waals surface area contributed by atoms with Crippen LogP contribution < -0.4 is 10.3 Å². The van der Waals surface area contributed by atoms with Crippen LogP contribution in [-0.4, -0.2) is 10.9 Å². The predicted octanol–water partition coefficient (Wildman–Crippen LogP) is 1.80. The standard InChI is InChI=1S/C8H7NO2.C3H3NS/c10-8-5-6-3-1-2-4-7(6)11-9-8;1-2-5-3-4-1/h1-4H,5H2,(H,9,10);1-3H. The van der Waals surface area contributed by atoms with E-state index in [4.69, 9.17) is 4.84 Å². The van der Waals surface area contributed by atoms with Crippen LogP contribution in [-0.2, 0) is 11.2 Å². The zero-order valence-corrected chi connectivity index (χ0v) is 9.24. The van der Waals surface area contributed by atoms with Gasteiger partial charge in [-0.05, 0) is 6.07 Å². The molecule has 0 fully saturated rings. The molecular weight excluding hydrogens is 224 g/mol. The van der Waals surface area contributed by atoms with Gasteiger partial charge in [0.25, 0.3) is 5.91 Å². The van der Waals surface area contributed by atoms with Crippen LogP contribution in [0.5, 0.6) is 5.75 Å². The smallest absolute Gasteiger partial charge is 0.257 e. The van der Waals surface area contributed by atoms with Crippen molar-refractivity contribution in [3.05, 3.63) is 46.9 Å². The molecule has 5 heteroatoms. The molecule has 1 aliphatic rings. The van der Waals surface area contributed by atoms with Crippen LogP contribution in [0, 0.1) is 0 Å². The number of rotatable bonds is 0. The van der Waals surface area contributed by atoms with E-state index in [-0.39, 0.29) is 5.91 Å². The van der Waals surface area contributed by atoms with Crippen molar-refractivity contribution in [1.82, 2.24) is 10.5 Å². The summed E-state index contributed by atoms with van der Waals surface area (Å²) in [5.41, 5.74) is 5.03. The molecule has 0 saturated carbocycles. The number of aromatic nitrogens is 1. The first-order valence-corrected chi connectivity index (χ1v) is 5.66. The number of hydroxylamine groups is 1. The first-order chi connectivity index (χ1) is 7.86. The summed E-state index contributed by atoms with van der Waals surface area (Å²) in [5.74, 6) is 0.649. The Hall–Kier alpha value is -1.88. The molecular formula is C11H10N2O2S. The molecule has 0 atom stereocenters. The average molecular weight is 234 g/mol. The minimum atomic E-state index is -0.0938. The second-order valence-electron chi connectivity index (χ2n) is 3.09. The molecule has 0 aliphatic carbocycles. The van der Waals surface area contributed by atoms with E-state index >= 15 is 0 Å². The minimum Gasteiger partial charge on any atom is -0.379 e. The Morgan fingerprint density at radius 3 is 2.94 bits per heavy atom. The molecule has 0 radical (unpaired) electrons. The highest BCUT2D eigenvalue weighted by Gasteiger charge is 2.14. The van der Waals surface area contributed by atoms with Gasteiger partial charge in [0, 0.05) is 17.1 Å². The van der Waals surface area contributed by atoms with Crippen molar-refractivity contribution in [2.75, 3.05) is 0 Å². The molecule has 1 aliphatic heterocycles. The largest absolute Gasteiger partial charge is 0.379 e. The highest BCUT2D eigenvalue weighted by atomic mass is 32.1. The molecule has 0 unspecified atom stereocenters. The maximum absolute atomic E-state index is 10.8. The number of benzene rings is 1. The molecule has 1 aromatic carbocycles. The molecule has 1 amide bonds. The number of hydrogen-bond acceptors (Lipinski definition) is 4. The van der Waals surface area contributed by atoms with Crippen LogP contribution >= 0.6 is 11.3 Å². The number of para-hydroxylation sites is 1. The number of fused-ring (bicyclic) bond motifs is 1. The fourth-order valence-electron chi connectivity index (χ4n) is 1.25. The third-order valence-corrected chi connectivity index (χ3v) is 2.47. The van der Waals surface area contributed by atoms with Crippen molar-refractivity contribution >= 4 is 17.2 Å². The van der Waals surface area contributed by atoms with Gasteiger partial charge in [0.05, 0.1) is 11.9 Å². The molecule has 0 saturated heterocycles. The second kappa shape index (κ2) is 5.27. The summed E-state index contributed by atoms with van der Waals surface area (Å²) in [6, 6.07) is 7.47. The number of nitrogens with one attached hydrogen (secondary N) is 1. The second-order valence-corrected chi connectivity index (χ2v) is 3.84. The SMILES string of the molecule is O=C1Cc2ccccc2ON1.c1cscn1. The van der Waals surface area contributed by atoms with E-state index in [0.717, 1.165) is 11.3 Å². The number of thiazole rings is 1. The van der Waals surface area contributed by atoms with Crippen molar-refractivity contribution in [3.63, 3.8) is 0 Å². The summed E-state index contributed by atoms with van der Waals surface area (Å²) < 4.78 is 0. The molecule has 1 N–H and O–H groups in total. The van der Waals surface area contributed by atoms with E-state index in [0.29, 0.717) is 6.42 Å². The molecule has 1 aromatic heterocycles. The first-order valence-electron chi connectivity index (χ1n) is 4.72. The third kappa shape index (κ3) is 2.80. The topological polar surface area (TPSA) is 51.2 Å². The lowest BCUT2D eigenvalue weighted by Crippen LogP contribution is -2.32. The van der Waals surface area contributed by atoms with Gasteiger partial charge in [-0.2, -0.15) is 5.48 Å². The Bertz CT molecular complexity index is 440. The number of amides is 1. The van der Waals surface area contributed by atoms with Crippen LogP contribution in [0.2, 0.25) is 0 Å². The van der Waals surface area contributed by atoms with E-state index in [2.05, 4.69) is 10.5 Å². The molecule has 2 aromatic rings. The monoisotopic (exact) mass is 234 g/mol. The number of nitrogens with zero attached hydrogens (tertiary/aromatic N) is 1. The maximum atomic E-state index is 10.8. The lowest BCUT2D eigenvalue weighted by atomic mass is 10.1. The molecule has 3 rings (SSSR count). The third-order valence-electron chi connectivity index (χ3n) is 1.95. The number of carbonyl (C=O) groups excluding carboxylic acids is 1. The van der Waals surface area contributed by atoms with Crippen LogP contribution in [0.3, 0.4) is 0 Å². The van der Waals surface area contributed by atoms with E-state index in [1.807, 2.05) is 29.6 Å². The lowest BCUT2D eigenvalue weighted by molar-refractivity contribution is -0.128. The van der Waals surface area contributed by atoms with Gasteiger partial charge in [0.15, 0.2) is 5.75 Å². The van der Waals surface area contributed by atoms with Crippen LogP contribution in [0.15, 0.2) is 41.4 Å². The molecule has 0 bridgehead atoms. The van der Waals surface area contributed by atoms with Crippen molar-refractivity contribution in [2.24, 2.45) is 0 Å². The molecule has 2 heterocycles. The van der Waals surface area contributed by atoms with Gasteiger partial charge >= 0.3 is 0 Å². The zero-order chi connectivity index (χ0) is 11.2. The van der Waals surface area contributed by atoms with Gasteiger partial charge < -0.3 is 4.84 Å². The van der Waals surface area contributed by atoms with Crippen molar-refractivity contribution in [1.29, 1.82) is 0 Å². The van der Waals surface area contributed by atoms with E-state index < -0.39 is 0 Å². The van der Waals surface area contributed by atoms with E-state index in [1.54, 1.807) is 23.0 Å². The van der Waals surface area contributed by atoms with Crippen LogP contribution in [0.25, 0.3) is 0 Å². The van der Waals surface area contributed by atoms with Crippen molar-refractivity contribution < 1.29 is 9.63 Å². The van der Waals surface area contributed by atoms with Crippen LogP contribution in [0.4, 0.5) is 0 Å². The van der Waals surface area contributed by atoms with Gasteiger partial charge in [0.2, 0.25) is 0 Å². The maximum Gasteiger partial charge on any atom is 0.257 e. The highest BCUT2D eigenvalue weighted by Crippen LogP contribution is 2.19. The van der Waals surface area contributed by atoms with Gasteiger partial charge in [-0.15, -0.1) is 11.3 Å². The fraction of sp³-hybridized carbons (Fsp3) is 0.0909. The predicted molar refractivity (Wildman–Crippen MR) is 61.0 cm³/mol. The first kappa shape index (κ1) is 10.6. The Balaban J connectivity index is 0.000000162. The summed E-state index contributed by atoms with van der Waals surface area (Å²) >= 11 is 1.60. The molecule has 16 heavy (non-hydrogen) atoms. The Morgan fingerprint density at radius 2 is 2.25 bits per heavy atom. The summed E-state index contributed by atoms with van der Waals surface area (Å²) in [5, 5.41) is 1.93. The van der Waals surface area contributed by atoms with E-state index in [1.165, 1.54) is 0 Å². The van der Waals surface area contributed by atoms with Crippen molar-refractivity contribution in [3.8, 4) is 5.75 Å². The van der Waals surface area contributed by atoms with Gasteiger partial charge in [-0.1, -0.05) is 18.2 Å². The Labute approximate surface area is 96.9 Å². The van der Waals surface area contributed by atoms with Gasteiger partial charge in [-0.25, -0.2) is 0 Å². The fourth-order valence-corrected chi connectivity index (χ4v) is 1.60. The summed E-state index contributed by atoms with van der Waals surface area (Å²) in [7, 11) is 0. The Morgan fingerprint density at radius 1 is 1.38 bits per heavy atom. The lowest BCUT2D eigenvalue weighted by Gasteiger charge is -2.15. The number of hydrogen-bond donors (Lipinski definition) is 1. The summed E-state index contributed by atoms with van der Waals surface area (Å²) in [6.45, 7) is 0. The summed E-state index contributed by atoms with van der Waals surface area (Å²) in [6.07, 6.45) is 2.18.